The van der Waals surface area contributed by atoms with Crippen molar-refractivity contribution in [2.24, 2.45) is 5.41 Å². The third-order valence-corrected chi connectivity index (χ3v) is 5.63. The molecule has 0 amide bonds. The Balaban J connectivity index is 1.92. The van der Waals surface area contributed by atoms with Gasteiger partial charge in [-0.3, -0.25) is 0 Å². The van der Waals surface area contributed by atoms with Gasteiger partial charge in [0.1, 0.15) is 0 Å². The van der Waals surface area contributed by atoms with Crippen molar-refractivity contribution < 1.29 is 5.11 Å². The fourth-order valence-corrected chi connectivity index (χ4v) is 3.40. The summed E-state index contributed by atoms with van der Waals surface area (Å²) in [7, 11) is 0. The van der Waals surface area contributed by atoms with Gasteiger partial charge in [0, 0.05) is 23.7 Å². The largest absolute Gasteiger partial charge is 0.389 e. The summed E-state index contributed by atoms with van der Waals surface area (Å²) in [6.07, 6.45) is 3.74. The van der Waals surface area contributed by atoms with E-state index in [1.54, 1.807) is 12.1 Å². The molecule has 0 aromatic heterocycles. The van der Waals surface area contributed by atoms with Crippen molar-refractivity contribution in [3.8, 4) is 0 Å². The summed E-state index contributed by atoms with van der Waals surface area (Å²) >= 11 is 18.3. The minimum Gasteiger partial charge on any atom is -0.389 e. The smallest absolute Gasteiger partial charge is 0.0772 e. The molecule has 0 unspecified atom stereocenters. The fourth-order valence-electron chi connectivity index (χ4n) is 2.72. The maximum absolute atomic E-state index is 10.6. The van der Waals surface area contributed by atoms with Crippen LogP contribution in [0.25, 0.3) is 0 Å². The van der Waals surface area contributed by atoms with Crippen LogP contribution in [-0.2, 0) is 6.54 Å². The second-order valence-corrected chi connectivity index (χ2v) is 8.01. The van der Waals surface area contributed by atoms with Crippen LogP contribution in [0, 0.1) is 5.41 Å². The normalized spacial score (nSPS) is 20.5. The number of rotatable bonds is 4. The maximum Gasteiger partial charge on any atom is 0.0772 e. The van der Waals surface area contributed by atoms with Crippen molar-refractivity contribution in [2.45, 2.75) is 51.7 Å². The summed E-state index contributed by atoms with van der Waals surface area (Å²) in [6, 6.07) is 3.43. The molecule has 2 rings (SSSR count). The molecule has 2 nitrogen and oxygen atoms in total. The lowest BCUT2D eigenvalue weighted by Crippen LogP contribution is -2.44. The number of hydrogen-bond donors (Lipinski definition) is 2. The average molecular weight is 351 g/mol. The maximum atomic E-state index is 10.6. The van der Waals surface area contributed by atoms with Crippen LogP contribution in [0.4, 0.5) is 0 Å². The van der Waals surface area contributed by atoms with E-state index in [2.05, 4.69) is 19.2 Å². The third-order valence-electron chi connectivity index (χ3n) is 4.43. The Labute approximate surface area is 141 Å². The van der Waals surface area contributed by atoms with Gasteiger partial charge in [0.25, 0.3) is 0 Å². The van der Waals surface area contributed by atoms with Crippen molar-refractivity contribution in [1.82, 2.24) is 5.32 Å². The Bertz CT molecular complexity index is 506. The molecule has 0 heterocycles. The van der Waals surface area contributed by atoms with Crippen molar-refractivity contribution in [3.05, 3.63) is 32.8 Å². The molecule has 118 valence electrons. The minimum absolute atomic E-state index is 0.339. The number of benzene rings is 1. The quantitative estimate of drug-likeness (QED) is 0.743. The Morgan fingerprint density at radius 1 is 1.05 bits per heavy atom. The van der Waals surface area contributed by atoms with Crippen LogP contribution in [0.3, 0.4) is 0 Å². The Morgan fingerprint density at radius 3 is 2.24 bits per heavy atom. The Hall–Kier alpha value is 0.01000. The van der Waals surface area contributed by atoms with E-state index in [1.165, 1.54) is 0 Å². The molecule has 0 spiro atoms. The Morgan fingerprint density at radius 2 is 1.62 bits per heavy atom. The van der Waals surface area contributed by atoms with Crippen LogP contribution in [0.15, 0.2) is 12.1 Å². The first-order valence-electron chi connectivity index (χ1n) is 7.28. The minimum atomic E-state index is -0.632. The zero-order chi connectivity index (χ0) is 15.7. The predicted octanol–water partition coefficient (Wildman–Crippen LogP) is 5.07. The zero-order valence-corrected chi connectivity index (χ0v) is 14.7. The van der Waals surface area contributed by atoms with E-state index in [9.17, 15) is 5.11 Å². The SMILES string of the molecule is CC1(C)CCC(O)(CNCc2c(Cl)ccc(Cl)c2Cl)CC1. The topological polar surface area (TPSA) is 32.3 Å². The summed E-state index contributed by atoms with van der Waals surface area (Å²) in [5, 5.41) is 15.5. The summed E-state index contributed by atoms with van der Waals surface area (Å²) < 4.78 is 0. The van der Waals surface area contributed by atoms with Crippen molar-refractivity contribution in [3.63, 3.8) is 0 Å². The summed E-state index contributed by atoms with van der Waals surface area (Å²) in [6.45, 7) is 5.56. The lowest BCUT2D eigenvalue weighted by molar-refractivity contribution is -0.0245. The van der Waals surface area contributed by atoms with Gasteiger partial charge in [0.05, 0.1) is 15.6 Å². The van der Waals surface area contributed by atoms with E-state index in [1.807, 2.05) is 0 Å². The lowest BCUT2D eigenvalue weighted by atomic mass is 9.71. The van der Waals surface area contributed by atoms with E-state index in [-0.39, 0.29) is 0 Å². The highest BCUT2D eigenvalue weighted by Crippen LogP contribution is 2.40. The van der Waals surface area contributed by atoms with E-state index >= 15 is 0 Å². The van der Waals surface area contributed by atoms with Gasteiger partial charge in [-0.05, 0) is 43.2 Å². The van der Waals surface area contributed by atoms with Crippen LogP contribution in [0.2, 0.25) is 15.1 Å². The van der Waals surface area contributed by atoms with E-state index < -0.39 is 5.60 Å². The number of nitrogens with one attached hydrogen (secondary N) is 1. The highest BCUT2D eigenvalue weighted by atomic mass is 35.5. The molecule has 1 aromatic carbocycles. The number of halogens is 3. The molecule has 2 N–H and O–H groups in total. The number of aliphatic hydroxyl groups is 1. The fraction of sp³-hybridized carbons (Fsp3) is 0.625. The van der Waals surface area contributed by atoms with Gasteiger partial charge >= 0.3 is 0 Å². The van der Waals surface area contributed by atoms with Crippen molar-refractivity contribution >= 4 is 34.8 Å². The molecule has 1 fully saturated rings. The molecule has 5 heteroatoms. The predicted molar refractivity (Wildman–Crippen MR) is 90.4 cm³/mol. The standard InChI is InChI=1S/C16H22Cl3NO/c1-15(2)5-7-16(21,8-6-15)10-20-9-11-12(17)3-4-13(18)14(11)19/h3-4,20-21H,5-10H2,1-2H3. The molecule has 0 aliphatic heterocycles. The summed E-state index contributed by atoms with van der Waals surface area (Å²) in [5.41, 5.74) is 0.490. The van der Waals surface area contributed by atoms with Gasteiger partial charge in [-0.25, -0.2) is 0 Å². The van der Waals surface area contributed by atoms with Crippen LogP contribution < -0.4 is 5.32 Å². The molecule has 0 atom stereocenters. The molecule has 21 heavy (non-hydrogen) atoms. The second kappa shape index (κ2) is 6.64. The first-order valence-corrected chi connectivity index (χ1v) is 8.41. The molecule has 0 saturated heterocycles. The van der Waals surface area contributed by atoms with Gasteiger partial charge in [-0.15, -0.1) is 0 Å². The zero-order valence-electron chi connectivity index (χ0n) is 12.5. The first-order chi connectivity index (χ1) is 9.72. The van der Waals surface area contributed by atoms with Crippen LogP contribution in [0.1, 0.15) is 45.1 Å². The number of hydrogen-bond acceptors (Lipinski definition) is 2. The second-order valence-electron chi connectivity index (χ2n) is 6.81. The highest BCUT2D eigenvalue weighted by molar-refractivity contribution is 6.44. The van der Waals surface area contributed by atoms with E-state index in [0.717, 1.165) is 31.2 Å². The first kappa shape index (κ1) is 17.4. The molecule has 1 aromatic rings. The molecule has 0 bridgehead atoms. The van der Waals surface area contributed by atoms with Gasteiger partial charge in [0.2, 0.25) is 0 Å². The van der Waals surface area contributed by atoms with Gasteiger partial charge in [0.15, 0.2) is 0 Å². The summed E-state index contributed by atoms with van der Waals surface area (Å²) in [5.74, 6) is 0. The van der Waals surface area contributed by atoms with Crippen molar-refractivity contribution in [1.29, 1.82) is 0 Å². The lowest BCUT2D eigenvalue weighted by Gasteiger charge is -2.40. The molecular formula is C16H22Cl3NO. The monoisotopic (exact) mass is 349 g/mol. The average Bonchev–Trinajstić information content (AvgIpc) is 2.42. The molecule has 0 radical (unpaired) electrons. The van der Waals surface area contributed by atoms with Crippen LogP contribution in [0.5, 0.6) is 0 Å². The van der Waals surface area contributed by atoms with Gasteiger partial charge < -0.3 is 10.4 Å². The van der Waals surface area contributed by atoms with Crippen molar-refractivity contribution in [2.75, 3.05) is 6.54 Å². The van der Waals surface area contributed by atoms with E-state index in [0.29, 0.717) is 33.6 Å². The molecule has 1 saturated carbocycles. The van der Waals surface area contributed by atoms with Crippen LogP contribution in [-0.4, -0.2) is 17.3 Å². The molecular weight excluding hydrogens is 329 g/mol. The summed E-state index contributed by atoms with van der Waals surface area (Å²) in [4.78, 5) is 0. The van der Waals surface area contributed by atoms with Gasteiger partial charge in [-0.2, -0.15) is 0 Å². The van der Waals surface area contributed by atoms with Crippen LogP contribution >= 0.6 is 34.8 Å². The van der Waals surface area contributed by atoms with Gasteiger partial charge in [-0.1, -0.05) is 48.7 Å². The third kappa shape index (κ3) is 4.49. The Kier molecular flexibility index (Phi) is 5.49. The van der Waals surface area contributed by atoms with E-state index in [4.69, 9.17) is 34.8 Å². The molecule has 1 aliphatic carbocycles. The highest BCUT2D eigenvalue weighted by Gasteiger charge is 2.36. The molecule has 1 aliphatic rings.